The van der Waals surface area contributed by atoms with Gasteiger partial charge in [0.25, 0.3) is 0 Å². The van der Waals surface area contributed by atoms with Gasteiger partial charge in [-0.1, -0.05) is 19.8 Å². The molecule has 3 unspecified atom stereocenters. The maximum absolute atomic E-state index is 12.3. The second kappa shape index (κ2) is 6.77. The molecule has 2 saturated carbocycles. The first kappa shape index (κ1) is 16.7. The summed E-state index contributed by atoms with van der Waals surface area (Å²) in [4.78, 5) is 17.9. The number of aromatic nitrogens is 1. The third-order valence-corrected chi connectivity index (χ3v) is 6.21. The van der Waals surface area contributed by atoms with Gasteiger partial charge in [-0.15, -0.1) is 11.3 Å². The Balaban J connectivity index is 1.55. The summed E-state index contributed by atoms with van der Waals surface area (Å²) in [6.45, 7) is 4.63. The number of hydrogen-bond donors (Lipinski definition) is 3. The van der Waals surface area contributed by atoms with Crippen molar-refractivity contribution in [3.8, 4) is 0 Å². The Bertz CT molecular complexity index is 558. The fourth-order valence-electron chi connectivity index (χ4n) is 3.39. The molecule has 6 heteroatoms. The van der Waals surface area contributed by atoms with Crippen LogP contribution in [0.4, 0.5) is 4.79 Å². The maximum Gasteiger partial charge on any atom is 0.315 e. The Hall–Kier alpha value is -1.14. The van der Waals surface area contributed by atoms with Crippen molar-refractivity contribution in [3.05, 3.63) is 16.1 Å². The average molecular weight is 337 g/mol. The van der Waals surface area contributed by atoms with E-state index in [4.69, 9.17) is 0 Å². The third kappa shape index (κ3) is 4.04. The molecule has 0 bridgehead atoms. The molecule has 0 spiro atoms. The van der Waals surface area contributed by atoms with Crippen molar-refractivity contribution < 1.29 is 9.90 Å². The number of carbonyl (C=O) groups excluding carboxylic acids is 1. The molecule has 1 aromatic rings. The summed E-state index contributed by atoms with van der Waals surface area (Å²) >= 11 is 1.66. The van der Waals surface area contributed by atoms with Crippen molar-refractivity contribution in [2.45, 2.75) is 64.5 Å². The number of urea groups is 1. The second-order valence-corrected chi connectivity index (χ2v) is 8.63. The van der Waals surface area contributed by atoms with Gasteiger partial charge in [0.1, 0.15) is 5.01 Å². The van der Waals surface area contributed by atoms with E-state index in [9.17, 15) is 9.90 Å². The fourth-order valence-corrected chi connectivity index (χ4v) is 4.31. The van der Waals surface area contributed by atoms with Gasteiger partial charge in [0.05, 0.1) is 12.1 Å². The number of nitrogens with zero attached hydrogens (tertiary/aromatic N) is 1. The number of carbonyl (C=O) groups is 1. The smallest absolute Gasteiger partial charge is 0.315 e. The van der Waals surface area contributed by atoms with Crippen molar-refractivity contribution in [2.75, 3.05) is 6.54 Å². The first-order chi connectivity index (χ1) is 11.0. The SMILES string of the molecule is Cc1cnc(C(NC(=O)NCC2(C)CCCCC2O)C2CC2)s1. The molecule has 3 rings (SSSR count). The highest BCUT2D eigenvalue weighted by Gasteiger charge is 2.37. The van der Waals surface area contributed by atoms with Crippen LogP contribution in [0.15, 0.2) is 6.20 Å². The molecule has 0 aromatic carbocycles. The molecular formula is C17H27N3O2S. The van der Waals surface area contributed by atoms with Gasteiger partial charge in [0.2, 0.25) is 0 Å². The molecule has 23 heavy (non-hydrogen) atoms. The zero-order valence-corrected chi connectivity index (χ0v) is 14.8. The second-order valence-electron chi connectivity index (χ2n) is 7.37. The highest BCUT2D eigenvalue weighted by molar-refractivity contribution is 7.11. The number of hydrogen-bond acceptors (Lipinski definition) is 4. The lowest BCUT2D eigenvalue weighted by Crippen LogP contribution is -2.48. The van der Waals surface area contributed by atoms with Gasteiger partial charge in [0.15, 0.2) is 0 Å². The van der Waals surface area contributed by atoms with Crippen LogP contribution in [0, 0.1) is 18.3 Å². The van der Waals surface area contributed by atoms with Crippen LogP contribution in [0.1, 0.15) is 61.4 Å². The van der Waals surface area contributed by atoms with E-state index in [-0.39, 0.29) is 23.6 Å². The summed E-state index contributed by atoms with van der Waals surface area (Å²) < 4.78 is 0. The van der Waals surface area contributed by atoms with E-state index < -0.39 is 0 Å². The highest BCUT2D eigenvalue weighted by Crippen LogP contribution is 2.42. The Morgan fingerprint density at radius 1 is 1.48 bits per heavy atom. The van der Waals surface area contributed by atoms with Gasteiger partial charge in [-0.25, -0.2) is 9.78 Å². The van der Waals surface area contributed by atoms with Crippen molar-refractivity contribution in [1.29, 1.82) is 0 Å². The van der Waals surface area contributed by atoms with Gasteiger partial charge in [-0.2, -0.15) is 0 Å². The van der Waals surface area contributed by atoms with Crippen LogP contribution < -0.4 is 10.6 Å². The molecule has 3 atom stereocenters. The minimum absolute atomic E-state index is 0.0257. The average Bonchev–Trinajstić information content (AvgIpc) is 3.27. The van der Waals surface area contributed by atoms with Crippen molar-refractivity contribution in [2.24, 2.45) is 11.3 Å². The van der Waals surface area contributed by atoms with Gasteiger partial charge in [0, 0.05) is 23.0 Å². The number of thiazole rings is 1. The molecule has 128 valence electrons. The van der Waals surface area contributed by atoms with Crippen LogP contribution in [0.2, 0.25) is 0 Å². The summed E-state index contributed by atoms with van der Waals surface area (Å²) in [7, 11) is 0. The third-order valence-electron chi connectivity index (χ3n) is 5.22. The molecule has 2 aliphatic carbocycles. The zero-order chi connectivity index (χ0) is 16.4. The summed E-state index contributed by atoms with van der Waals surface area (Å²) in [5, 5.41) is 17.3. The first-order valence-electron chi connectivity index (χ1n) is 8.63. The minimum atomic E-state index is -0.322. The predicted octanol–water partition coefficient (Wildman–Crippen LogP) is 3.14. The Morgan fingerprint density at radius 3 is 2.87 bits per heavy atom. The lowest BCUT2D eigenvalue weighted by molar-refractivity contribution is 0.00303. The number of aliphatic hydroxyl groups excluding tert-OH is 1. The predicted molar refractivity (Wildman–Crippen MR) is 91.4 cm³/mol. The Kier molecular flexibility index (Phi) is 4.92. The molecule has 2 aliphatic rings. The quantitative estimate of drug-likeness (QED) is 0.773. The molecule has 3 N–H and O–H groups in total. The lowest BCUT2D eigenvalue weighted by Gasteiger charge is -2.38. The first-order valence-corrected chi connectivity index (χ1v) is 9.44. The summed E-state index contributed by atoms with van der Waals surface area (Å²) in [6, 6.07) is -0.119. The number of rotatable bonds is 5. The van der Waals surface area contributed by atoms with E-state index in [2.05, 4.69) is 22.5 Å². The number of aliphatic hydroxyl groups is 1. The van der Waals surface area contributed by atoms with Crippen LogP contribution >= 0.6 is 11.3 Å². The van der Waals surface area contributed by atoms with E-state index in [0.717, 1.165) is 43.5 Å². The largest absolute Gasteiger partial charge is 0.392 e. The van der Waals surface area contributed by atoms with Gasteiger partial charge in [-0.05, 0) is 38.5 Å². The van der Waals surface area contributed by atoms with E-state index in [1.807, 2.05) is 13.1 Å². The van der Waals surface area contributed by atoms with Gasteiger partial charge in [-0.3, -0.25) is 0 Å². The number of aryl methyl sites for hydroxylation is 1. The Labute approximate surface area is 141 Å². The summed E-state index contributed by atoms with van der Waals surface area (Å²) in [5.41, 5.74) is -0.206. The van der Waals surface area contributed by atoms with Gasteiger partial charge >= 0.3 is 6.03 Å². The molecule has 2 amide bonds. The lowest BCUT2D eigenvalue weighted by atomic mass is 9.73. The van der Waals surface area contributed by atoms with E-state index in [0.29, 0.717) is 12.5 Å². The molecule has 5 nitrogen and oxygen atoms in total. The van der Waals surface area contributed by atoms with Crippen molar-refractivity contribution in [1.82, 2.24) is 15.6 Å². The number of nitrogens with one attached hydrogen (secondary N) is 2. The molecule has 0 aliphatic heterocycles. The minimum Gasteiger partial charge on any atom is -0.392 e. The molecule has 0 saturated heterocycles. The van der Waals surface area contributed by atoms with Crippen LogP contribution in [0.5, 0.6) is 0 Å². The van der Waals surface area contributed by atoms with E-state index in [1.165, 1.54) is 4.88 Å². The molecule has 0 radical (unpaired) electrons. The van der Waals surface area contributed by atoms with Crippen LogP contribution in [0.25, 0.3) is 0 Å². The summed E-state index contributed by atoms with van der Waals surface area (Å²) in [5.74, 6) is 0.516. The van der Waals surface area contributed by atoms with Gasteiger partial charge < -0.3 is 15.7 Å². The molecular weight excluding hydrogens is 310 g/mol. The molecule has 1 aromatic heterocycles. The monoisotopic (exact) mass is 337 g/mol. The van der Waals surface area contributed by atoms with Crippen LogP contribution in [-0.2, 0) is 0 Å². The topological polar surface area (TPSA) is 74.2 Å². The van der Waals surface area contributed by atoms with E-state index >= 15 is 0 Å². The van der Waals surface area contributed by atoms with Crippen molar-refractivity contribution in [3.63, 3.8) is 0 Å². The van der Waals surface area contributed by atoms with Crippen molar-refractivity contribution >= 4 is 17.4 Å². The summed E-state index contributed by atoms with van der Waals surface area (Å²) in [6.07, 6.45) is 7.86. The maximum atomic E-state index is 12.3. The highest BCUT2D eigenvalue weighted by atomic mass is 32.1. The number of amides is 2. The van der Waals surface area contributed by atoms with E-state index in [1.54, 1.807) is 11.3 Å². The van der Waals surface area contributed by atoms with Crippen LogP contribution in [-0.4, -0.2) is 28.8 Å². The zero-order valence-electron chi connectivity index (χ0n) is 14.0. The van der Waals surface area contributed by atoms with Crippen LogP contribution in [0.3, 0.4) is 0 Å². The Morgan fingerprint density at radius 2 is 2.26 bits per heavy atom. The molecule has 2 fully saturated rings. The fraction of sp³-hybridized carbons (Fsp3) is 0.765. The normalized spacial score (nSPS) is 29.1. The standard InChI is InChI=1S/C17H27N3O2S/c1-11-9-18-15(23-11)14(12-6-7-12)20-16(22)19-10-17(2)8-4-3-5-13(17)21/h9,12-14,21H,3-8,10H2,1-2H3,(H2,19,20,22). The molecule has 1 heterocycles.